The van der Waals surface area contributed by atoms with E-state index in [2.05, 4.69) is 38.0 Å². The van der Waals surface area contributed by atoms with Crippen LogP contribution >= 0.6 is 24.0 Å². The van der Waals surface area contributed by atoms with Gasteiger partial charge in [-0.3, -0.25) is 4.99 Å². The molecular weight excluding hydrogens is 317 g/mol. The maximum absolute atomic E-state index is 5.79. The van der Waals surface area contributed by atoms with Crippen LogP contribution in [-0.2, 0) is 4.74 Å². The summed E-state index contributed by atoms with van der Waals surface area (Å²) in [6, 6.07) is 0. The van der Waals surface area contributed by atoms with Gasteiger partial charge in [-0.25, -0.2) is 0 Å². The Morgan fingerprint density at radius 1 is 1.50 bits per heavy atom. The second-order valence-electron chi connectivity index (χ2n) is 5.69. The highest BCUT2D eigenvalue weighted by Crippen LogP contribution is 2.27. The average molecular weight is 341 g/mol. The van der Waals surface area contributed by atoms with Crippen LogP contribution in [0.1, 0.15) is 34.1 Å². The number of nitrogens with zero attached hydrogens (tertiary/aromatic N) is 1. The van der Waals surface area contributed by atoms with Crippen molar-refractivity contribution in [2.24, 2.45) is 16.1 Å². The molecule has 0 aromatic carbocycles. The quantitative estimate of drug-likeness (QED) is 0.457. The molecule has 0 amide bonds. The van der Waals surface area contributed by atoms with Crippen LogP contribution < -0.4 is 11.1 Å². The maximum Gasteiger partial charge on any atom is 0.189 e. The monoisotopic (exact) mass is 341 g/mol. The molecular formula is C11H24IN3O. The van der Waals surface area contributed by atoms with Gasteiger partial charge in [-0.1, -0.05) is 6.92 Å². The summed E-state index contributed by atoms with van der Waals surface area (Å²) in [6.45, 7) is 10.8. The third kappa shape index (κ3) is 5.89. The zero-order valence-electron chi connectivity index (χ0n) is 10.7. The molecule has 16 heavy (non-hydrogen) atoms. The van der Waals surface area contributed by atoms with Crippen molar-refractivity contribution in [3.05, 3.63) is 0 Å². The van der Waals surface area contributed by atoms with E-state index < -0.39 is 0 Å². The average Bonchev–Trinajstić information content (AvgIpc) is 2.47. The van der Waals surface area contributed by atoms with Crippen molar-refractivity contribution in [3.63, 3.8) is 0 Å². The van der Waals surface area contributed by atoms with Gasteiger partial charge in [0.2, 0.25) is 0 Å². The Labute approximate surface area is 115 Å². The van der Waals surface area contributed by atoms with Crippen LogP contribution in [0.15, 0.2) is 4.99 Å². The first-order valence-corrected chi connectivity index (χ1v) is 5.47. The number of aliphatic imine (C=N–C) groups is 1. The van der Waals surface area contributed by atoms with Crippen molar-refractivity contribution in [1.82, 2.24) is 5.32 Å². The summed E-state index contributed by atoms with van der Waals surface area (Å²) in [6.07, 6.45) is 1.07. The zero-order valence-corrected chi connectivity index (χ0v) is 13.0. The Hall–Kier alpha value is -0.0400. The molecule has 0 aromatic heterocycles. The number of halogens is 1. The highest BCUT2D eigenvalue weighted by Gasteiger charge is 2.29. The maximum atomic E-state index is 5.79. The summed E-state index contributed by atoms with van der Waals surface area (Å²) < 4.78 is 5.36. The van der Waals surface area contributed by atoms with E-state index in [0.717, 1.165) is 26.2 Å². The number of rotatable bonds is 2. The molecule has 96 valence electrons. The van der Waals surface area contributed by atoms with Gasteiger partial charge in [0.15, 0.2) is 5.96 Å². The molecule has 0 aliphatic carbocycles. The molecule has 1 fully saturated rings. The number of guanidine groups is 1. The Bertz CT molecular complexity index is 242. The molecule has 1 aliphatic heterocycles. The first-order chi connectivity index (χ1) is 6.81. The van der Waals surface area contributed by atoms with E-state index in [9.17, 15) is 0 Å². The van der Waals surface area contributed by atoms with Crippen molar-refractivity contribution in [1.29, 1.82) is 0 Å². The Morgan fingerprint density at radius 2 is 2.12 bits per heavy atom. The van der Waals surface area contributed by atoms with E-state index in [-0.39, 0.29) is 34.9 Å². The topological polar surface area (TPSA) is 59.6 Å². The molecule has 1 rings (SSSR count). The molecule has 0 spiro atoms. The van der Waals surface area contributed by atoms with Gasteiger partial charge < -0.3 is 15.8 Å². The van der Waals surface area contributed by atoms with Gasteiger partial charge in [-0.15, -0.1) is 24.0 Å². The van der Waals surface area contributed by atoms with Gasteiger partial charge >= 0.3 is 0 Å². The van der Waals surface area contributed by atoms with Crippen LogP contribution in [0.2, 0.25) is 0 Å². The number of hydrogen-bond acceptors (Lipinski definition) is 2. The molecule has 1 atom stereocenters. The lowest BCUT2D eigenvalue weighted by Gasteiger charge is -2.23. The number of ether oxygens (including phenoxy) is 1. The number of nitrogens with two attached hydrogens (primary N) is 1. The van der Waals surface area contributed by atoms with Crippen LogP contribution in [0.5, 0.6) is 0 Å². The zero-order chi connectivity index (χ0) is 11.5. The van der Waals surface area contributed by atoms with E-state index >= 15 is 0 Å². The van der Waals surface area contributed by atoms with Crippen LogP contribution in [0, 0.1) is 5.41 Å². The van der Waals surface area contributed by atoms with Gasteiger partial charge in [-0.05, 0) is 27.2 Å². The molecule has 1 unspecified atom stereocenters. The van der Waals surface area contributed by atoms with E-state index in [0.29, 0.717) is 5.96 Å². The minimum atomic E-state index is -0.0271. The Balaban J connectivity index is 0.00000225. The molecule has 1 heterocycles. The van der Waals surface area contributed by atoms with Crippen LogP contribution in [0.4, 0.5) is 0 Å². The first kappa shape index (κ1) is 16.0. The fourth-order valence-corrected chi connectivity index (χ4v) is 1.53. The number of nitrogens with one attached hydrogen (secondary N) is 1. The molecule has 1 saturated heterocycles. The normalized spacial score (nSPS) is 26.4. The van der Waals surface area contributed by atoms with Crippen molar-refractivity contribution in [2.75, 3.05) is 19.8 Å². The molecule has 1 aliphatic rings. The summed E-state index contributed by atoms with van der Waals surface area (Å²) in [5.74, 6) is 0.524. The molecule has 0 bridgehead atoms. The predicted octanol–water partition coefficient (Wildman–Crippen LogP) is 1.73. The van der Waals surface area contributed by atoms with Crippen molar-refractivity contribution >= 4 is 29.9 Å². The summed E-state index contributed by atoms with van der Waals surface area (Å²) in [4.78, 5) is 4.37. The van der Waals surface area contributed by atoms with Gasteiger partial charge in [0, 0.05) is 17.6 Å². The molecule has 0 aromatic rings. The molecule has 4 nitrogen and oxygen atoms in total. The summed E-state index contributed by atoms with van der Waals surface area (Å²) in [5.41, 5.74) is 5.94. The van der Waals surface area contributed by atoms with Crippen LogP contribution in [0.25, 0.3) is 0 Å². The van der Waals surface area contributed by atoms with Gasteiger partial charge in [0.1, 0.15) is 0 Å². The Kier molecular flexibility index (Phi) is 6.03. The summed E-state index contributed by atoms with van der Waals surface area (Å²) >= 11 is 0. The van der Waals surface area contributed by atoms with Crippen molar-refractivity contribution in [2.45, 2.75) is 39.7 Å². The lowest BCUT2D eigenvalue weighted by Crippen LogP contribution is -2.45. The smallest absolute Gasteiger partial charge is 0.189 e. The van der Waals surface area contributed by atoms with E-state index in [1.807, 2.05) is 0 Å². The van der Waals surface area contributed by atoms with Crippen molar-refractivity contribution in [3.8, 4) is 0 Å². The van der Waals surface area contributed by atoms with Gasteiger partial charge in [0.05, 0.1) is 13.2 Å². The summed E-state index contributed by atoms with van der Waals surface area (Å²) in [5, 5.41) is 3.15. The number of hydrogen-bond donors (Lipinski definition) is 2. The fourth-order valence-electron chi connectivity index (χ4n) is 1.53. The van der Waals surface area contributed by atoms with Gasteiger partial charge in [0.25, 0.3) is 0 Å². The van der Waals surface area contributed by atoms with Crippen LogP contribution in [-0.4, -0.2) is 31.3 Å². The van der Waals surface area contributed by atoms with Crippen molar-refractivity contribution < 1.29 is 4.74 Å². The van der Waals surface area contributed by atoms with Crippen LogP contribution in [0.3, 0.4) is 0 Å². The summed E-state index contributed by atoms with van der Waals surface area (Å²) in [7, 11) is 0. The van der Waals surface area contributed by atoms with Gasteiger partial charge in [-0.2, -0.15) is 0 Å². The highest BCUT2D eigenvalue weighted by molar-refractivity contribution is 14.0. The first-order valence-electron chi connectivity index (χ1n) is 5.47. The van der Waals surface area contributed by atoms with E-state index in [1.165, 1.54) is 0 Å². The minimum absolute atomic E-state index is 0. The fraction of sp³-hybridized carbons (Fsp3) is 0.909. The Morgan fingerprint density at radius 3 is 2.56 bits per heavy atom. The lowest BCUT2D eigenvalue weighted by molar-refractivity contribution is 0.163. The SMILES string of the molecule is CC1(CN=C(N)NC(C)(C)C)CCOC1.I. The minimum Gasteiger partial charge on any atom is -0.381 e. The molecule has 0 radical (unpaired) electrons. The third-order valence-electron chi connectivity index (χ3n) is 2.43. The molecule has 0 saturated carbocycles. The largest absolute Gasteiger partial charge is 0.381 e. The second kappa shape index (κ2) is 6.05. The lowest BCUT2D eigenvalue weighted by atomic mass is 9.90. The van der Waals surface area contributed by atoms with E-state index in [1.54, 1.807) is 0 Å². The molecule has 3 N–H and O–H groups in total. The third-order valence-corrected chi connectivity index (χ3v) is 2.43. The van der Waals surface area contributed by atoms with E-state index in [4.69, 9.17) is 10.5 Å². The highest BCUT2D eigenvalue weighted by atomic mass is 127. The standard InChI is InChI=1S/C11H23N3O.HI/c1-10(2,3)14-9(12)13-7-11(4)5-6-15-8-11;/h5-8H2,1-4H3,(H3,12,13,14);1H. The second-order valence-corrected chi connectivity index (χ2v) is 5.69. The molecule has 5 heteroatoms. The predicted molar refractivity (Wildman–Crippen MR) is 78.3 cm³/mol.